The molecule has 2 aromatic heterocycles. The Kier molecular flexibility index (Phi) is 4.12. The number of hydrogen-bond donors (Lipinski definition) is 2. The molecule has 0 amide bonds. The molecule has 0 saturated carbocycles. The van der Waals surface area contributed by atoms with Gasteiger partial charge in [0, 0.05) is 24.8 Å². The lowest BCUT2D eigenvalue weighted by atomic mass is 10.2. The SMILES string of the molecule is CCOc1nc(NCc2c(C)nn(C)c2C)ccc1N. The predicted octanol–water partition coefficient (Wildman–Crippen LogP) is 2.02. The lowest BCUT2D eigenvalue weighted by molar-refractivity contribution is 0.329. The first-order valence-corrected chi connectivity index (χ1v) is 6.65. The first-order valence-electron chi connectivity index (χ1n) is 6.65. The Bertz CT molecular complexity index is 606. The highest BCUT2D eigenvalue weighted by Crippen LogP contribution is 2.21. The van der Waals surface area contributed by atoms with Crippen molar-refractivity contribution in [1.82, 2.24) is 14.8 Å². The number of aryl methyl sites for hydroxylation is 2. The van der Waals surface area contributed by atoms with Crippen LogP contribution in [0.4, 0.5) is 11.5 Å². The molecule has 0 aliphatic rings. The second kappa shape index (κ2) is 5.81. The minimum Gasteiger partial charge on any atom is -0.476 e. The Morgan fingerprint density at radius 3 is 2.70 bits per heavy atom. The third-order valence-electron chi connectivity index (χ3n) is 3.28. The van der Waals surface area contributed by atoms with Crippen LogP contribution in [0, 0.1) is 13.8 Å². The van der Waals surface area contributed by atoms with E-state index in [0.717, 1.165) is 17.2 Å². The molecule has 2 heterocycles. The Balaban J connectivity index is 2.13. The number of hydrogen-bond acceptors (Lipinski definition) is 5. The van der Waals surface area contributed by atoms with Crippen molar-refractivity contribution in [3.63, 3.8) is 0 Å². The van der Waals surface area contributed by atoms with E-state index in [9.17, 15) is 0 Å². The quantitative estimate of drug-likeness (QED) is 0.873. The van der Waals surface area contributed by atoms with E-state index in [1.807, 2.05) is 31.6 Å². The highest BCUT2D eigenvalue weighted by atomic mass is 16.5. The van der Waals surface area contributed by atoms with E-state index in [4.69, 9.17) is 10.5 Å². The summed E-state index contributed by atoms with van der Waals surface area (Å²) in [4.78, 5) is 4.36. The monoisotopic (exact) mass is 275 g/mol. The molecule has 6 heteroatoms. The van der Waals surface area contributed by atoms with Crippen LogP contribution in [-0.2, 0) is 13.6 Å². The number of pyridine rings is 1. The second-order valence-electron chi connectivity index (χ2n) is 4.65. The molecule has 0 aliphatic carbocycles. The molecule has 108 valence electrons. The number of anilines is 2. The highest BCUT2D eigenvalue weighted by Gasteiger charge is 2.10. The summed E-state index contributed by atoms with van der Waals surface area (Å²) >= 11 is 0. The second-order valence-corrected chi connectivity index (χ2v) is 4.65. The first-order chi connectivity index (χ1) is 9.52. The number of nitrogen functional groups attached to an aromatic ring is 1. The van der Waals surface area contributed by atoms with E-state index in [1.54, 1.807) is 6.07 Å². The van der Waals surface area contributed by atoms with E-state index < -0.39 is 0 Å². The summed E-state index contributed by atoms with van der Waals surface area (Å²) in [6, 6.07) is 3.64. The molecule has 0 spiro atoms. The van der Waals surface area contributed by atoms with E-state index in [1.165, 1.54) is 5.56 Å². The molecule has 0 unspecified atom stereocenters. The van der Waals surface area contributed by atoms with Gasteiger partial charge in [0.1, 0.15) is 5.82 Å². The number of ether oxygens (including phenoxy) is 1. The zero-order valence-corrected chi connectivity index (χ0v) is 12.4. The molecule has 20 heavy (non-hydrogen) atoms. The summed E-state index contributed by atoms with van der Waals surface area (Å²) in [6.45, 7) is 7.18. The number of nitrogens with zero attached hydrogens (tertiary/aromatic N) is 3. The first kappa shape index (κ1) is 14.2. The number of rotatable bonds is 5. The highest BCUT2D eigenvalue weighted by molar-refractivity contribution is 5.53. The van der Waals surface area contributed by atoms with Crippen LogP contribution in [0.2, 0.25) is 0 Å². The zero-order chi connectivity index (χ0) is 14.7. The summed E-state index contributed by atoms with van der Waals surface area (Å²) in [5.74, 6) is 1.21. The van der Waals surface area contributed by atoms with Crippen molar-refractivity contribution in [2.45, 2.75) is 27.3 Å². The molecule has 0 fully saturated rings. The van der Waals surface area contributed by atoms with Gasteiger partial charge in [-0.25, -0.2) is 0 Å². The predicted molar refractivity (Wildman–Crippen MR) is 79.8 cm³/mol. The molecule has 0 aromatic carbocycles. The van der Waals surface area contributed by atoms with Gasteiger partial charge in [0.2, 0.25) is 5.88 Å². The van der Waals surface area contributed by atoms with Gasteiger partial charge >= 0.3 is 0 Å². The maximum atomic E-state index is 5.81. The van der Waals surface area contributed by atoms with Gasteiger partial charge in [0.15, 0.2) is 0 Å². The van der Waals surface area contributed by atoms with Crippen LogP contribution < -0.4 is 15.8 Å². The lowest BCUT2D eigenvalue weighted by Gasteiger charge is -2.10. The smallest absolute Gasteiger partial charge is 0.239 e. The Labute approximate surface area is 119 Å². The Morgan fingerprint density at radius 1 is 1.35 bits per heavy atom. The average molecular weight is 275 g/mol. The summed E-state index contributed by atoms with van der Waals surface area (Å²) in [5, 5.41) is 7.68. The zero-order valence-electron chi connectivity index (χ0n) is 12.4. The van der Waals surface area contributed by atoms with Crippen molar-refractivity contribution in [2.24, 2.45) is 7.05 Å². The van der Waals surface area contributed by atoms with Crippen LogP contribution in [0.5, 0.6) is 5.88 Å². The molecular weight excluding hydrogens is 254 g/mol. The average Bonchev–Trinajstić information content (AvgIpc) is 2.65. The minimum absolute atomic E-state index is 0.470. The van der Waals surface area contributed by atoms with Gasteiger partial charge in [-0.2, -0.15) is 10.1 Å². The normalized spacial score (nSPS) is 10.6. The van der Waals surface area contributed by atoms with Gasteiger partial charge < -0.3 is 15.8 Å². The minimum atomic E-state index is 0.470. The van der Waals surface area contributed by atoms with Gasteiger partial charge in [-0.15, -0.1) is 0 Å². The van der Waals surface area contributed by atoms with Gasteiger partial charge in [0.25, 0.3) is 0 Å². The van der Waals surface area contributed by atoms with E-state index in [-0.39, 0.29) is 0 Å². The standard InChI is InChI=1S/C14H21N5O/c1-5-20-14-12(15)6-7-13(17-14)16-8-11-9(2)18-19(4)10(11)3/h6-7H,5,8,15H2,1-4H3,(H,16,17). The summed E-state index contributed by atoms with van der Waals surface area (Å²) in [6.07, 6.45) is 0. The van der Waals surface area contributed by atoms with E-state index in [2.05, 4.69) is 22.3 Å². The molecule has 2 aromatic rings. The van der Waals surface area contributed by atoms with Gasteiger partial charge in [-0.3, -0.25) is 4.68 Å². The molecule has 0 saturated heterocycles. The number of nitrogens with two attached hydrogens (primary N) is 1. The van der Waals surface area contributed by atoms with Gasteiger partial charge in [0.05, 0.1) is 18.0 Å². The molecule has 6 nitrogen and oxygen atoms in total. The largest absolute Gasteiger partial charge is 0.476 e. The van der Waals surface area contributed by atoms with Crippen LogP contribution in [0.3, 0.4) is 0 Å². The summed E-state index contributed by atoms with van der Waals surface area (Å²) in [7, 11) is 1.94. The molecule has 0 atom stereocenters. The number of aromatic nitrogens is 3. The summed E-state index contributed by atoms with van der Waals surface area (Å²) < 4.78 is 7.27. The maximum Gasteiger partial charge on any atom is 0.239 e. The topological polar surface area (TPSA) is 78.0 Å². The van der Waals surface area contributed by atoms with Crippen molar-refractivity contribution < 1.29 is 4.74 Å². The fraction of sp³-hybridized carbons (Fsp3) is 0.429. The Hall–Kier alpha value is -2.24. The third kappa shape index (κ3) is 2.84. The van der Waals surface area contributed by atoms with Gasteiger partial charge in [-0.05, 0) is 32.9 Å². The van der Waals surface area contributed by atoms with Crippen molar-refractivity contribution in [3.8, 4) is 5.88 Å². The van der Waals surface area contributed by atoms with E-state index in [0.29, 0.717) is 24.7 Å². The maximum absolute atomic E-state index is 5.81. The van der Waals surface area contributed by atoms with E-state index >= 15 is 0 Å². The van der Waals surface area contributed by atoms with Crippen LogP contribution in [-0.4, -0.2) is 21.4 Å². The van der Waals surface area contributed by atoms with Crippen molar-refractivity contribution in [3.05, 3.63) is 29.1 Å². The third-order valence-corrected chi connectivity index (χ3v) is 3.28. The number of nitrogens with one attached hydrogen (secondary N) is 1. The fourth-order valence-electron chi connectivity index (χ4n) is 2.05. The van der Waals surface area contributed by atoms with Crippen LogP contribution in [0.25, 0.3) is 0 Å². The molecule has 0 radical (unpaired) electrons. The Morgan fingerprint density at radius 2 is 2.10 bits per heavy atom. The molecular formula is C14H21N5O. The lowest BCUT2D eigenvalue weighted by Crippen LogP contribution is -2.06. The van der Waals surface area contributed by atoms with Crippen LogP contribution in [0.15, 0.2) is 12.1 Å². The molecule has 3 N–H and O–H groups in total. The summed E-state index contributed by atoms with van der Waals surface area (Å²) in [5.41, 5.74) is 9.71. The molecule has 2 rings (SSSR count). The fourth-order valence-corrected chi connectivity index (χ4v) is 2.05. The van der Waals surface area contributed by atoms with Crippen LogP contribution in [0.1, 0.15) is 23.9 Å². The van der Waals surface area contributed by atoms with Crippen molar-refractivity contribution in [1.29, 1.82) is 0 Å². The van der Waals surface area contributed by atoms with Crippen molar-refractivity contribution >= 4 is 11.5 Å². The molecule has 0 bridgehead atoms. The van der Waals surface area contributed by atoms with Gasteiger partial charge in [-0.1, -0.05) is 0 Å². The van der Waals surface area contributed by atoms with Crippen LogP contribution >= 0.6 is 0 Å². The molecule has 0 aliphatic heterocycles. The van der Waals surface area contributed by atoms with Crippen molar-refractivity contribution in [2.75, 3.05) is 17.7 Å².